The SMILES string of the molecule is CC[IH+].COc1ccccc1C(C)C. The Morgan fingerprint density at radius 1 is 1.29 bits per heavy atom. The summed E-state index contributed by atoms with van der Waals surface area (Å²) in [5.74, 6) is 1.52. The summed E-state index contributed by atoms with van der Waals surface area (Å²) in [5, 5.41) is 0. The fourth-order valence-electron chi connectivity index (χ4n) is 1.14. The van der Waals surface area contributed by atoms with Crippen LogP contribution in [0.25, 0.3) is 0 Å². The molecule has 0 atom stereocenters. The highest BCUT2D eigenvalue weighted by atomic mass is 127. The fraction of sp³-hybridized carbons (Fsp3) is 0.500. The zero-order chi connectivity index (χ0) is 11.0. The van der Waals surface area contributed by atoms with Gasteiger partial charge in [0, 0.05) is 0 Å². The van der Waals surface area contributed by atoms with Crippen molar-refractivity contribution in [1.82, 2.24) is 0 Å². The van der Waals surface area contributed by atoms with Gasteiger partial charge in [-0.15, -0.1) is 0 Å². The number of benzene rings is 1. The van der Waals surface area contributed by atoms with Gasteiger partial charge in [-0.2, -0.15) is 0 Å². The maximum Gasteiger partial charge on any atom is 0.251 e. The number of hydrogen-bond donors (Lipinski definition) is 0. The first-order valence-corrected chi connectivity index (χ1v) is 6.53. The number of halogens is 1. The lowest BCUT2D eigenvalue weighted by Crippen LogP contribution is -3.35. The van der Waals surface area contributed by atoms with E-state index >= 15 is 0 Å². The largest absolute Gasteiger partial charge is 0.496 e. The van der Waals surface area contributed by atoms with Gasteiger partial charge >= 0.3 is 0 Å². The van der Waals surface area contributed by atoms with E-state index in [9.17, 15) is 0 Å². The summed E-state index contributed by atoms with van der Waals surface area (Å²) in [6, 6.07) is 8.13. The molecule has 0 aliphatic heterocycles. The third-order valence-corrected chi connectivity index (χ3v) is 1.76. The van der Waals surface area contributed by atoms with E-state index < -0.39 is 0 Å². The highest BCUT2D eigenvalue weighted by Crippen LogP contribution is 2.24. The van der Waals surface area contributed by atoms with E-state index in [2.05, 4.69) is 49.4 Å². The molecule has 1 aromatic carbocycles. The third kappa shape index (κ3) is 4.84. The first-order valence-electron chi connectivity index (χ1n) is 4.88. The summed E-state index contributed by atoms with van der Waals surface area (Å²) < 4.78 is 6.47. The molecule has 0 spiro atoms. The molecule has 0 aliphatic rings. The van der Waals surface area contributed by atoms with Crippen LogP contribution in [0.1, 0.15) is 32.3 Å². The van der Waals surface area contributed by atoms with Crippen LogP contribution < -0.4 is 27.3 Å². The molecule has 14 heavy (non-hydrogen) atoms. The van der Waals surface area contributed by atoms with Gasteiger partial charge in [0.2, 0.25) is 0 Å². The van der Waals surface area contributed by atoms with Crippen LogP contribution in [-0.4, -0.2) is 11.5 Å². The van der Waals surface area contributed by atoms with E-state index in [1.165, 1.54) is 9.99 Å². The molecule has 2 heteroatoms. The van der Waals surface area contributed by atoms with Crippen LogP contribution in [0.3, 0.4) is 0 Å². The predicted molar refractivity (Wildman–Crippen MR) is 59.0 cm³/mol. The molecule has 0 aliphatic carbocycles. The minimum absolute atomic E-state index is 0.533. The van der Waals surface area contributed by atoms with Crippen LogP contribution >= 0.6 is 0 Å². The van der Waals surface area contributed by atoms with E-state index in [1.54, 1.807) is 7.11 Å². The number of rotatable bonds is 2. The van der Waals surface area contributed by atoms with Gasteiger partial charge < -0.3 is 4.74 Å². The summed E-state index contributed by atoms with van der Waals surface area (Å²) >= 11 is 2.07. The normalized spacial score (nSPS) is 9.29. The molecule has 80 valence electrons. The monoisotopic (exact) mass is 307 g/mol. The fourth-order valence-corrected chi connectivity index (χ4v) is 1.14. The molecule has 1 aromatic rings. The lowest BCUT2D eigenvalue weighted by atomic mass is 10.0. The first-order chi connectivity index (χ1) is 6.67. The maximum absolute atomic E-state index is 5.21. The number of ether oxygens (including phenoxy) is 1. The van der Waals surface area contributed by atoms with E-state index in [1.807, 2.05) is 18.2 Å². The zero-order valence-corrected chi connectivity index (χ0v) is 11.7. The number of para-hydroxylation sites is 1. The number of hydrogen-bond acceptors (Lipinski definition) is 1. The summed E-state index contributed by atoms with van der Waals surface area (Å²) in [6.45, 7) is 6.46. The molecule has 0 saturated carbocycles. The van der Waals surface area contributed by atoms with E-state index in [4.69, 9.17) is 4.74 Å². The second-order valence-corrected chi connectivity index (χ2v) is 4.83. The number of methoxy groups -OCH3 is 1. The van der Waals surface area contributed by atoms with Gasteiger partial charge in [-0.3, -0.25) is 0 Å². The van der Waals surface area contributed by atoms with Crippen molar-refractivity contribution in [2.75, 3.05) is 11.5 Å². The van der Waals surface area contributed by atoms with Gasteiger partial charge in [-0.25, -0.2) is 0 Å². The average molecular weight is 307 g/mol. The van der Waals surface area contributed by atoms with Crippen LogP contribution in [0, 0.1) is 0 Å². The Bertz CT molecular complexity index is 246. The van der Waals surface area contributed by atoms with Gasteiger partial charge in [0.05, 0.1) is 7.11 Å². The quantitative estimate of drug-likeness (QED) is 0.557. The van der Waals surface area contributed by atoms with Crippen LogP contribution in [-0.2, 0) is 0 Å². The molecular weight excluding hydrogens is 287 g/mol. The minimum Gasteiger partial charge on any atom is -0.496 e. The molecule has 0 N–H and O–H groups in total. The Hall–Kier alpha value is -0.250. The smallest absolute Gasteiger partial charge is 0.251 e. The second kappa shape index (κ2) is 8.09. The standard InChI is InChI=1S/C10H14O.C2H6I/c1-8(2)9-6-4-5-7-10(9)11-3;1-2-3/h4-8H,1-3H3;3H,2H2,1H3/q;+1. The lowest BCUT2D eigenvalue weighted by Gasteiger charge is -2.10. The third-order valence-electron chi connectivity index (χ3n) is 1.76. The Morgan fingerprint density at radius 2 is 1.79 bits per heavy atom. The Morgan fingerprint density at radius 3 is 2.14 bits per heavy atom. The van der Waals surface area contributed by atoms with Crippen LogP contribution in [0.4, 0.5) is 0 Å². The van der Waals surface area contributed by atoms with Gasteiger partial charge in [0.15, 0.2) is 0 Å². The average Bonchev–Trinajstić information content (AvgIpc) is 2.19. The Kier molecular flexibility index (Phi) is 7.95. The van der Waals surface area contributed by atoms with Crippen molar-refractivity contribution in [2.45, 2.75) is 26.7 Å². The molecule has 1 rings (SSSR count). The topological polar surface area (TPSA) is 9.23 Å². The summed E-state index contributed by atoms with van der Waals surface area (Å²) in [7, 11) is 1.71. The van der Waals surface area contributed by atoms with Crippen molar-refractivity contribution < 1.29 is 27.3 Å². The van der Waals surface area contributed by atoms with Crippen molar-refractivity contribution in [2.24, 2.45) is 0 Å². The molecule has 0 saturated heterocycles. The van der Waals surface area contributed by atoms with E-state index in [0.29, 0.717) is 5.92 Å². The molecule has 0 heterocycles. The summed E-state index contributed by atoms with van der Waals surface area (Å²) in [5.41, 5.74) is 1.27. The van der Waals surface area contributed by atoms with E-state index in [-0.39, 0.29) is 0 Å². The molecule has 0 bridgehead atoms. The second-order valence-electron chi connectivity index (χ2n) is 3.19. The molecular formula is C12H20IO+. The van der Waals surface area contributed by atoms with Gasteiger partial charge in [-0.05, 0) is 24.5 Å². The van der Waals surface area contributed by atoms with Crippen molar-refractivity contribution in [3.8, 4) is 5.75 Å². The van der Waals surface area contributed by atoms with Crippen LogP contribution in [0.15, 0.2) is 24.3 Å². The Labute approximate surface area is 101 Å². The maximum atomic E-state index is 5.21. The van der Waals surface area contributed by atoms with Crippen LogP contribution in [0.5, 0.6) is 5.75 Å². The molecule has 1 nitrogen and oxygen atoms in total. The van der Waals surface area contributed by atoms with Gasteiger partial charge in [0.1, 0.15) is 10.2 Å². The zero-order valence-electron chi connectivity index (χ0n) is 9.41. The molecule has 0 fully saturated rings. The first kappa shape index (κ1) is 13.8. The molecule has 0 amide bonds. The predicted octanol–water partition coefficient (Wildman–Crippen LogP) is 0.111. The van der Waals surface area contributed by atoms with Crippen molar-refractivity contribution in [1.29, 1.82) is 0 Å². The van der Waals surface area contributed by atoms with Gasteiger partial charge in [-0.1, -0.05) is 32.0 Å². The lowest BCUT2D eigenvalue weighted by molar-refractivity contribution is -0.361. The highest BCUT2D eigenvalue weighted by molar-refractivity contribution is 5.35. The molecule has 0 unspecified atom stereocenters. The summed E-state index contributed by atoms with van der Waals surface area (Å²) in [4.78, 5) is 0. The van der Waals surface area contributed by atoms with E-state index in [0.717, 1.165) is 5.75 Å². The number of alkyl halides is 1. The van der Waals surface area contributed by atoms with Crippen molar-refractivity contribution in [3.05, 3.63) is 29.8 Å². The minimum atomic E-state index is 0.533. The van der Waals surface area contributed by atoms with Crippen molar-refractivity contribution in [3.63, 3.8) is 0 Å². The summed E-state index contributed by atoms with van der Waals surface area (Å²) in [6.07, 6.45) is 0. The van der Waals surface area contributed by atoms with Crippen molar-refractivity contribution >= 4 is 0 Å². The highest BCUT2D eigenvalue weighted by Gasteiger charge is 2.03. The van der Waals surface area contributed by atoms with Crippen LogP contribution in [0.2, 0.25) is 0 Å². The Balaban J connectivity index is 0.000000500. The molecule has 0 radical (unpaired) electrons. The molecule has 0 aromatic heterocycles. The van der Waals surface area contributed by atoms with Gasteiger partial charge in [0.25, 0.3) is 22.6 Å².